The number of halogens is 2. The van der Waals surface area contributed by atoms with Gasteiger partial charge < -0.3 is 25.0 Å². The number of ether oxygens (including phenoxy) is 2. The van der Waals surface area contributed by atoms with Crippen LogP contribution in [-0.4, -0.2) is 58.3 Å². The van der Waals surface area contributed by atoms with E-state index in [0.29, 0.717) is 30.4 Å². The van der Waals surface area contributed by atoms with Crippen molar-refractivity contribution in [3.8, 4) is 11.5 Å². The average molecular weight is 372 g/mol. The Morgan fingerprint density at radius 2 is 2.04 bits per heavy atom. The lowest BCUT2D eigenvalue weighted by atomic mass is 10.2. The number of alkyl halides is 2. The SMILES string of the molecule is CCCOc1ccc(CNC(=NC)NCCCN(C)C)c(OC(F)F)c1. The summed E-state index contributed by atoms with van der Waals surface area (Å²) in [7, 11) is 5.70. The quantitative estimate of drug-likeness (QED) is 0.355. The Bertz CT molecular complexity index is 554. The van der Waals surface area contributed by atoms with E-state index in [9.17, 15) is 8.78 Å². The summed E-state index contributed by atoms with van der Waals surface area (Å²) >= 11 is 0. The molecule has 26 heavy (non-hydrogen) atoms. The number of rotatable bonds is 11. The van der Waals surface area contributed by atoms with E-state index in [0.717, 1.165) is 25.9 Å². The number of guanidine groups is 1. The van der Waals surface area contributed by atoms with Crippen LogP contribution in [0.25, 0.3) is 0 Å². The van der Waals surface area contributed by atoms with E-state index in [4.69, 9.17) is 4.74 Å². The molecule has 148 valence electrons. The van der Waals surface area contributed by atoms with Crippen LogP contribution < -0.4 is 20.1 Å². The van der Waals surface area contributed by atoms with E-state index >= 15 is 0 Å². The third-order valence-electron chi connectivity index (χ3n) is 3.47. The molecule has 0 radical (unpaired) electrons. The molecule has 0 unspecified atom stereocenters. The second-order valence-electron chi connectivity index (χ2n) is 6.01. The van der Waals surface area contributed by atoms with E-state index in [2.05, 4.69) is 25.3 Å². The van der Waals surface area contributed by atoms with Crippen LogP contribution in [0.1, 0.15) is 25.3 Å². The molecule has 0 amide bonds. The summed E-state index contributed by atoms with van der Waals surface area (Å²) in [6.45, 7) is 1.65. The van der Waals surface area contributed by atoms with Crippen LogP contribution in [-0.2, 0) is 6.54 Å². The molecule has 0 spiro atoms. The minimum atomic E-state index is -2.89. The molecule has 1 aromatic rings. The molecule has 0 fully saturated rings. The molecule has 1 rings (SSSR count). The Morgan fingerprint density at radius 3 is 2.65 bits per heavy atom. The van der Waals surface area contributed by atoms with Gasteiger partial charge in [0, 0.05) is 31.8 Å². The van der Waals surface area contributed by atoms with Crippen LogP contribution in [0.15, 0.2) is 23.2 Å². The standard InChI is InChI=1S/C18H30F2N4O2/c1-5-11-25-15-8-7-14(16(12-15)26-17(19)20)13-23-18(21-2)22-9-6-10-24(3)4/h7-8,12,17H,5-6,9-11,13H2,1-4H3,(H2,21,22,23). The molecule has 6 nitrogen and oxygen atoms in total. The van der Waals surface area contributed by atoms with Gasteiger partial charge in [0.25, 0.3) is 0 Å². The summed E-state index contributed by atoms with van der Waals surface area (Å²) in [5, 5.41) is 6.30. The van der Waals surface area contributed by atoms with Crippen LogP contribution in [0.5, 0.6) is 11.5 Å². The molecule has 0 bridgehead atoms. The molecule has 2 N–H and O–H groups in total. The minimum absolute atomic E-state index is 0.101. The molecule has 8 heteroatoms. The van der Waals surface area contributed by atoms with Crippen molar-refractivity contribution in [2.75, 3.05) is 40.8 Å². The van der Waals surface area contributed by atoms with Gasteiger partial charge in [0.15, 0.2) is 5.96 Å². The van der Waals surface area contributed by atoms with Gasteiger partial charge in [-0.05, 0) is 45.6 Å². The minimum Gasteiger partial charge on any atom is -0.493 e. The van der Waals surface area contributed by atoms with Crippen LogP contribution in [0.3, 0.4) is 0 Å². The predicted molar refractivity (Wildman–Crippen MR) is 100 cm³/mol. The smallest absolute Gasteiger partial charge is 0.387 e. The van der Waals surface area contributed by atoms with Crippen molar-refractivity contribution in [2.24, 2.45) is 4.99 Å². The topological polar surface area (TPSA) is 58.1 Å². The molecule has 0 aliphatic rings. The molecule has 0 aromatic heterocycles. The van der Waals surface area contributed by atoms with Gasteiger partial charge in [-0.3, -0.25) is 4.99 Å². The first-order valence-electron chi connectivity index (χ1n) is 8.76. The van der Waals surface area contributed by atoms with E-state index < -0.39 is 6.61 Å². The van der Waals surface area contributed by atoms with Gasteiger partial charge in [-0.1, -0.05) is 6.92 Å². The molecule has 0 aliphatic carbocycles. The van der Waals surface area contributed by atoms with Crippen molar-refractivity contribution in [1.29, 1.82) is 0 Å². The van der Waals surface area contributed by atoms with Gasteiger partial charge in [0.05, 0.1) is 6.61 Å². The lowest BCUT2D eigenvalue weighted by Crippen LogP contribution is -2.38. The first-order chi connectivity index (χ1) is 12.5. The first kappa shape index (κ1) is 22.0. The number of nitrogens with zero attached hydrogens (tertiary/aromatic N) is 2. The van der Waals surface area contributed by atoms with E-state index in [1.165, 1.54) is 6.07 Å². The van der Waals surface area contributed by atoms with Crippen molar-refractivity contribution < 1.29 is 18.3 Å². The van der Waals surface area contributed by atoms with Crippen LogP contribution in [0, 0.1) is 0 Å². The fourth-order valence-electron chi connectivity index (χ4n) is 2.20. The predicted octanol–water partition coefficient (Wildman–Crippen LogP) is 2.69. The van der Waals surface area contributed by atoms with Crippen molar-refractivity contribution >= 4 is 5.96 Å². The third-order valence-corrected chi connectivity index (χ3v) is 3.47. The molecule has 1 aromatic carbocycles. The monoisotopic (exact) mass is 372 g/mol. The fraction of sp³-hybridized carbons (Fsp3) is 0.611. The zero-order valence-electron chi connectivity index (χ0n) is 16.0. The first-order valence-corrected chi connectivity index (χ1v) is 8.76. The maximum atomic E-state index is 12.7. The average Bonchev–Trinajstić information content (AvgIpc) is 2.59. The van der Waals surface area contributed by atoms with Crippen molar-refractivity contribution in [1.82, 2.24) is 15.5 Å². The highest BCUT2D eigenvalue weighted by Gasteiger charge is 2.12. The summed E-state index contributed by atoms with van der Waals surface area (Å²) in [5.41, 5.74) is 0.602. The lowest BCUT2D eigenvalue weighted by molar-refractivity contribution is -0.0505. The van der Waals surface area contributed by atoms with Crippen molar-refractivity contribution in [3.63, 3.8) is 0 Å². The summed E-state index contributed by atoms with van der Waals surface area (Å²) in [6.07, 6.45) is 1.81. The van der Waals surface area contributed by atoms with E-state index in [-0.39, 0.29) is 5.75 Å². The Balaban J connectivity index is 2.65. The number of aliphatic imine (C=N–C) groups is 1. The van der Waals surface area contributed by atoms with Crippen LogP contribution in [0.4, 0.5) is 8.78 Å². The molecule has 0 aliphatic heterocycles. The summed E-state index contributed by atoms with van der Waals surface area (Å²) in [6, 6.07) is 4.96. The highest BCUT2D eigenvalue weighted by molar-refractivity contribution is 5.79. The number of benzene rings is 1. The second kappa shape index (κ2) is 12.3. The maximum Gasteiger partial charge on any atom is 0.387 e. The van der Waals surface area contributed by atoms with Gasteiger partial charge in [-0.15, -0.1) is 0 Å². The molecule has 0 atom stereocenters. The normalized spacial score (nSPS) is 11.8. The molecule has 0 heterocycles. The van der Waals surface area contributed by atoms with Gasteiger partial charge in [-0.25, -0.2) is 0 Å². The molecule has 0 saturated heterocycles. The van der Waals surface area contributed by atoms with Gasteiger partial charge >= 0.3 is 6.61 Å². The second-order valence-corrected chi connectivity index (χ2v) is 6.01. The summed E-state index contributed by atoms with van der Waals surface area (Å²) in [4.78, 5) is 6.24. The zero-order valence-corrected chi connectivity index (χ0v) is 16.0. The lowest BCUT2D eigenvalue weighted by Gasteiger charge is -2.16. The number of hydrogen-bond acceptors (Lipinski definition) is 4. The number of nitrogens with one attached hydrogen (secondary N) is 2. The van der Waals surface area contributed by atoms with Crippen molar-refractivity contribution in [2.45, 2.75) is 32.9 Å². The third kappa shape index (κ3) is 8.84. The van der Waals surface area contributed by atoms with Gasteiger partial charge in [0.2, 0.25) is 0 Å². The van der Waals surface area contributed by atoms with E-state index in [1.807, 2.05) is 21.0 Å². The molecular formula is C18H30F2N4O2. The fourth-order valence-corrected chi connectivity index (χ4v) is 2.20. The largest absolute Gasteiger partial charge is 0.493 e. The highest BCUT2D eigenvalue weighted by Crippen LogP contribution is 2.26. The Morgan fingerprint density at radius 1 is 1.27 bits per heavy atom. The van der Waals surface area contributed by atoms with Gasteiger partial charge in [0.1, 0.15) is 11.5 Å². The Labute approximate surface area is 154 Å². The van der Waals surface area contributed by atoms with E-state index in [1.54, 1.807) is 19.2 Å². The van der Waals surface area contributed by atoms with Gasteiger partial charge in [-0.2, -0.15) is 8.78 Å². The van der Waals surface area contributed by atoms with Crippen LogP contribution in [0.2, 0.25) is 0 Å². The Hall–Kier alpha value is -2.09. The van der Waals surface area contributed by atoms with Crippen molar-refractivity contribution in [3.05, 3.63) is 23.8 Å². The zero-order chi connectivity index (χ0) is 19.4. The maximum absolute atomic E-state index is 12.7. The molecule has 0 saturated carbocycles. The van der Waals surface area contributed by atoms with Crippen LogP contribution >= 0.6 is 0 Å². The Kier molecular flexibility index (Phi) is 10.4. The molecular weight excluding hydrogens is 342 g/mol. The number of hydrogen-bond donors (Lipinski definition) is 2. The summed E-state index contributed by atoms with van der Waals surface area (Å²) in [5.74, 6) is 1.22. The highest BCUT2D eigenvalue weighted by atomic mass is 19.3. The summed E-state index contributed by atoms with van der Waals surface area (Å²) < 4.78 is 35.5.